The number of hydrogen-bond donors (Lipinski definition) is 0. The second-order valence-electron chi connectivity index (χ2n) is 12.6. The molecular weight excluding hydrogens is 590 g/mol. The van der Waals surface area contributed by atoms with E-state index in [-0.39, 0.29) is 29.9 Å². The Hall–Kier alpha value is -3.49. The Morgan fingerprint density at radius 1 is 0.932 bits per heavy atom. The third-order valence-electron chi connectivity index (χ3n) is 10.6. The second kappa shape index (κ2) is 9.51. The highest BCUT2D eigenvalue weighted by atomic mass is 35.5. The SMILES string of the molecule is CN1[C@H](c2ccc(Cl)cc2)[C@@]2(C[C@]13C(=O)c1cccc4cccc3c14)SC1=NC3OCCCC3C(c3ccccc3)N1C2=O. The van der Waals surface area contributed by atoms with Crippen molar-refractivity contribution in [1.29, 1.82) is 0 Å². The minimum absolute atomic E-state index is 0.0127. The van der Waals surface area contributed by atoms with E-state index in [4.69, 9.17) is 21.3 Å². The van der Waals surface area contributed by atoms with Gasteiger partial charge < -0.3 is 4.74 Å². The first-order valence-electron chi connectivity index (χ1n) is 15.3. The molecule has 9 rings (SSSR count). The number of aliphatic imine (C=N–C) groups is 1. The maximum atomic E-state index is 15.4. The summed E-state index contributed by atoms with van der Waals surface area (Å²) in [4.78, 5) is 39.4. The number of carbonyl (C=O) groups excluding carboxylic acids is 2. The molecule has 6 atom stereocenters. The van der Waals surface area contributed by atoms with E-state index >= 15 is 4.79 Å². The number of benzene rings is 4. The Morgan fingerprint density at radius 3 is 2.50 bits per heavy atom. The third kappa shape index (κ3) is 3.39. The highest BCUT2D eigenvalue weighted by molar-refractivity contribution is 8.16. The number of thioether (sulfide) groups is 1. The average molecular weight is 620 g/mol. The first-order valence-corrected chi connectivity index (χ1v) is 16.5. The van der Waals surface area contributed by atoms with Crippen LogP contribution < -0.4 is 0 Å². The van der Waals surface area contributed by atoms with E-state index in [0.29, 0.717) is 23.2 Å². The van der Waals surface area contributed by atoms with Gasteiger partial charge in [-0.2, -0.15) is 0 Å². The molecule has 0 radical (unpaired) electrons. The molecule has 220 valence electrons. The number of amides is 1. The van der Waals surface area contributed by atoms with E-state index in [0.717, 1.165) is 45.9 Å². The van der Waals surface area contributed by atoms with Crippen LogP contribution in [-0.4, -0.2) is 51.3 Å². The fourth-order valence-electron chi connectivity index (χ4n) is 8.77. The zero-order chi connectivity index (χ0) is 29.8. The molecule has 0 N–H and O–H groups in total. The van der Waals surface area contributed by atoms with E-state index in [1.165, 1.54) is 11.8 Å². The molecular formula is C36H30ClN3O3S. The fourth-order valence-corrected chi connectivity index (χ4v) is 10.5. The van der Waals surface area contributed by atoms with E-state index in [1.807, 2.05) is 72.6 Å². The Morgan fingerprint density at radius 2 is 1.70 bits per heavy atom. The van der Waals surface area contributed by atoms with Crippen molar-refractivity contribution in [2.75, 3.05) is 13.7 Å². The molecule has 0 bridgehead atoms. The molecule has 1 amide bonds. The van der Waals surface area contributed by atoms with Crippen LogP contribution in [0.5, 0.6) is 0 Å². The van der Waals surface area contributed by atoms with Gasteiger partial charge in [0, 0.05) is 29.5 Å². The molecule has 0 aromatic heterocycles. The van der Waals surface area contributed by atoms with Crippen molar-refractivity contribution in [3.63, 3.8) is 0 Å². The maximum Gasteiger partial charge on any atom is 0.247 e. The quantitative estimate of drug-likeness (QED) is 0.239. The average Bonchev–Trinajstić information content (AvgIpc) is 3.58. The number of ether oxygens (including phenoxy) is 1. The monoisotopic (exact) mass is 619 g/mol. The number of likely N-dealkylation sites (tertiary alicyclic amines) is 1. The number of nitrogens with zero attached hydrogens (tertiary/aromatic N) is 3. The molecule has 3 saturated heterocycles. The summed E-state index contributed by atoms with van der Waals surface area (Å²) < 4.78 is 5.25. The number of ketones is 1. The van der Waals surface area contributed by atoms with Crippen molar-refractivity contribution < 1.29 is 14.3 Å². The standard InChI is InChI=1S/C36H30ClN3O3S/c1-39-30(23-15-17-24(37)18-16-23)36(20-35(39)27-14-6-11-21-10-5-12-25(28(21)27)31(35)41)33(42)40-29(22-8-3-2-4-9-22)26-13-7-19-43-32(26)38-34(40)44-36/h2-6,8-12,14-18,26,29-30,32H,7,13,19-20H2,1H3/t26?,29?,30-,32?,35+,36-/m1/s1. The minimum atomic E-state index is -1.00. The van der Waals surface area contributed by atoms with Crippen LogP contribution in [0, 0.1) is 5.92 Å². The smallest absolute Gasteiger partial charge is 0.247 e. The summed E-state index contributed by atoms with van der Waals surface area (Å²) in [6.07, 6.45) is 1.91. The highest BCUT2D eigenvalue weighted by Crippen LogP contribution is 2.66. The number of likely N-dealkylation sites (N-methyl/N-ethyl adjacent to an activating group) is 1. The van der Waals surface area contributed by atoms with Crippen molar-refractivity contribution in [2.45, 2.75) is 47.9 Å². The van der Waals surface area contributed by atoms with Gasteiger partial charge in [-0.15, -0.1) is 0 Å². The van der Waals surface area contributed by atoms with Crippen LogP contribution in [0.1, 0.15) is 58.4 Å². The van der Waals surface area contributed by atoms with Crippen LogP contribution in [0.3, 0.4) is 0 Å². The minimum Gasteiger partial charge on any atom is -0.356 e. The Labute approximate surface area is 265 Å². The molecule has 44 heavy (non-hydrogen) atoms. The van der Waals surface area contributed by atoms with Gasteiger partial charge >= 0.3 is 0 Å². The summed E-state index contributed by atoms with van der Waals surface area (Å²) in [5, 5.41) is 3.36. The number of Topliss-reactive ketones (excluding diaryl/α,β-unsaturated/α-hetero) is 1. The lowest BCUT2D eigenvalue weighted by molar-refractivity contribution is -0.136. The molecule has 3 fully saturated rings. The van der Waals surface area contributed by atoms with Crippen molar-refractivity contribution in [3.8, 4) is 0 Å². The van der Waals surface area contributed by atoms with Crippen LogP contribution in [0.4, 0.5) is 0 Å². The number of carbonyl (C=O) groups is 2. The highest BCUT2D eigenvalue weighted by Gasteiger charge is 2.72. The van der Waals surface area contributed by atoms with Crippen LogP contribution >= 0.6 is 23.4 Å². The van der Waals surface area contributed by atoms with Crippen molar-refractivity contribution >= 4 is 51.0 Å². The fraction of sp³-hybridized carbons (Fsp3) is 0.306. The summed E-state index contributed by atoms with van der Waals surface area (Å²) in [5.74, 6) is 0.126. The Kier molecular flexibility index (Phi) is 5.81. The molecule has 4 heterocycles. The summed E-state index contributed by atoms with van der Waals surface area (Å²) >= 11 is 7.90. The van der Waals surface area contributed by atoms with Crippen molar-refractivity contribution in [1.82, 2.24) is 9.80 Å². The predicted molar refractivity (Wildman–Crippen MR) is 173 cm³/mol. The number of halogens is 1. The summed E-state index contributed by atoms with van der Waals surface area (Å²) in [6.45, 7) is 0.666. The lowest BCUT2D eigenvalue weighted by Crippen LogP contribution is -2.50. The molecule has 2 spiro atoms. The van der Waals surface area contributed by atoms with Crippen LogP contribution in [0.25, 0.3) is 10.8 Å². The van der Waals surface area contributed by atoms with Gasteiger partial charge in [-0.25, -0.2) is 4.99 Å². The van der Waals surface area contributed by atoms with Crippen LogP contribution in [0.2, 0.25) is 5.02 Å². The summed E-state index contributed by atoms with van der Waals surface area (Å²) in [7, 11) is 2.02. The topological polar surface area (TPSA) is 62.2 Å². The first kappa shape index (κ1) is 26.9. The molecule has 0 saturated carbocycles. The zero-order valence-electron chi connectivity index (χ0n) is 24.2. The number of fused-ring (bicyclic) bond motifs is 3. The van der Waals surface area contributed by atoms with E-state index in [2.05, 4.69) is 35.2 Å². The Bertz CT molecular complexity index is 1890. The zero-order valence-corrected chi connectivity index (χ0v) is 25.7. The maximum absolute atomic E-state index is 15.4. The molecule has 4 aliphatic heterocycles. The predicted octanol–water partition coefficient (Wildman–Crippen LogP) is 7.14. The largest absolute Gasteiger partial charge is 0.356 e. The van der Waals surface area contributed by atoms with Crippen LogP contribution in [-0.2, 0) is 15.1 Å². The van der Waals surface area contributed by atoms with Gasteiger partial charge in [0.25, 0.3) is 0 Å². The van der Waals surface area contributed by atoms with E-state index in [9.17, 15) is 4.79 Å². The first-order chi connectivity index (χ1) is 21.4. The lowest BCUT2D eigenvalue weighted by Gasteiger charge is -2.43. The van der Waals surface area contributed by atoms with Gasteiger partial charge in [-0.05, 0) is 59.5 Å². The lowest BCUT2D eigenvalue weighted by atomic mass is 9.81. The number of amidine groups is 1. The Balaban J connectivity index is 1.26. The normalized spacial score (nSPS) is 32.5. The third-order valence-corrected chi connectivity index (χ3v) is 12.2. The van der Waals surface area contributed by atoms with Gasteiger partial charge in [0.2, 0.25) is 5.91 Å². The van der Waals surface area contributed by atoms with Crippen molar-refractivity contribution in [2.24, 2.45) is 10.9 Å². The summed E-state index contributed by atoms with van der Waals surface area (Å²) in [5.41, 5.74) is 2.74. The molecule has 4 aromatic rings. The second-order valence-corrected chi connectivity index (χ2v) is 14.4. The van der Waals surface area contributed by atoms with Gasteiger partial charge in [0.15, 0.2) is 17.2 Å². The molecule has 6 nitrogen and oxygen atoms in total. The van der Waals surface area contributed by atoms with Crippen molar-refractivity contribution in [3.05, 3.63) is 118 Å². The molecule has 8 heteroatoms. The van der Waals surface area contributed by atoms with Gasteiger partial charge in [0.05, 0.1) is 12.1 Å². The van der Waals surface area contributed by atoms with Gasteiger partial charge in [-0.3, -0.25) is 19.4 Å². The van der Waals surface area contributed by atoms with E-state index in [1.54, 1.807) is 0 Å². The van der Waals surface area contributed by atoms with Gasteiger partial charge in [0.1, 0.15) is 10.3 Å². The van der Waals surface area contributed by atoms with E-state index < -0.39 is 16.3 Å². The molecule has 3 unspecified atom stereocenters. The number of hydrogen-bond acceptors (Lipinski definition) is 6. The molecule has 5 aliphatic rings. The summed E-state index contributed by atoms with van der Waals surface area (Å²) in [6, 6.07) is 29.6. The number of rotatable bonds is 2. The molecule has 4 aromatic carbocycles. The van der Waals surface area contributed by atoms with Gasteiger partial charge in [-0.1, -0.05) is 102 Å². The van der Waals surface area contributed by atoms with Crippen LogP contribution in [0.15, 0.2) is 96.0 Å². The molecule has 1 aliphatic carbocycles.